The van der Waals surface area contributed by atoms with Crippen molar-refractivity contribution < 1.29 is 4.39 Å². The van der Waals surface area contributed by atoms with Gasteiger partial charge in [-0.2, -0.15) is 0 Å². The summed E-state index contributed by atoms with van der Waals surface area (Å²) in [6.07, 6.45) is 0.370. The molecule has 0 aliphatic carbocycles. The second-order valence-electron chi connectivity index (χ2n) is 1.42. The molecule has 0 nitrogen and oxygen atoms in total. The summed E-state index contributed by atoms with van der Waals surface area (Å²) in [4.78, 5) is 0. The van der Waals surface area contributed by atoms with E-state index >= 15 is 0 Å². The summed E-state index contributed by atoms with van der Waals surface area (Å²) in [5, 5.41) is -1.49. The largest absolute Gasteiger partial charge is 0.227 e. The van der Waals surface area contributed by atoms with Gasteiger partial charge in [0.2, 0.25) is 0 Å². The van der Waals surface area contributed by atoms with Crippen LogP contribution in [-0.2, 0) is 0 Å². The van der Waals surface area contributed by atoms with Crippen molar-refractivity contribution in [3.63, 3.8) is 0 Å². The Morgan fingerprint density at radius 3 is 2.00 bits per heavy atom. The Kier molecular flexibility index (Phi) is 1.85. The number of rotatable bonds is 1. The fourth-order valence-corrected chi connectivity index (χ4v) is 0. The highest BCUT2D eigenvalue weighted by Crippen LogP contribution is 2.18. The summed E-state index contributed by atoms with van der Waals surface area (Å²) < 4.78 is 11.9. The van der Waals surface area contributed by atoms with E-state index in [9.17, 15) is 4.39 Å². The molecule has 0 radical (unpaired) electrons. The number of hydrogen-bond donors (Lipinski definition) is 0. The molecule has 0 aromatic carbocycles. The van der Waals surface area contributed by atoms with Gasteiger partial charge < -0.3 is 0 Å². The van der Waals surface area contributed by atoms with Crippen LogP contribution in [0.2, 0.25) is 0 Å². The molecule has 38 valence electrons. The van der Waals surface area contributed by atoms with Gasteiger partial charge in [-0.25, -0.2) is 4.39 Å². The molecule has 0 spiro atoms. The molecule has 0 heterocycles. The summed E-state index contributed by atoms with van der Waals surface area (Å²) in [6.45, 7) is 3.04. The summed E-state index contributed by atoms with van der Waals surface area (Å²) in [5.74, 6) is 0. The Morgan fingerprint density at radius 2 is 2.00 bits per heavy atom. The molecular formula is C4H8ClF. The zero-order valence-electron chi connectivity index (χ0n) is 3.96. The average molecular weight is 111 g/mol. The lowest BCUT2D eigenvalue weighted by Gasteiger charge is -2.03. The summed E-state index contributed by atoms with van der Waals surface area (Å²) in [7, 11) is 0. The van der Waals surface area contributed by atoms with Gasteiger partial charge in [0.05, 0.1) is 0 Å². The van der Waals surface area contributed by atoms with Crippen LogP contribution in [0.25, 0.3) is 0 Å². The van der Waals surface area contributed by atoms with Gasteiger partial charge in [-0.1, -0.05) is 18.5 Å². The van der Waals surface area contributed by atoms with Crippen LogP contribution >= 0.6 is 11.6 Å². The van der Waals surface area contributed by atoms with E-state index in [4.69, 9.17) is 11.6 Å². The molecule has 0 bridgehead atoms. The lowest BCUT2D eigenvalue weighted by atomic mass is 10.3. The first-order valence-corrected chi connectivity index (χ1v) is 2.32. The van der Waals surface area contributed by atoms with Gasteiger partial charge >= 0.3 is 0 Å². The normalized spacial score (nSPS) is 20.0. The van der Waals surface area contributed by atoms with Crippen LogP contribution in [0.5, 0.6) is 0 Å². The van der Waals surface area contributed by atoms with Crippen molar-refractivity contribution in [3.05, 3.63) is 0 Å². The minimum atomic E-state index is -1.49. The molecule has 0 aromatic heterocycles. The van der Waals surface area contributed by atoms with Crippen molar-refractivity contribution in [1.82, 2.24) is 0 Å². The maximum Gasteiger partial charge on any atom is 0.180 e. The van der Waals surface area contributed by atoms with Crippen LogP contribution in [0.1, 0.15) is 20.3 Å². The quantitative estimate of drug-likeness (QED) is 0.455. The number of hydrogen-bond acceptors (Lipinski definition) is 0. The Labute approximate surface area is 42.3 Å². The van der Waals surface area contributed by atoms with Crippen molar-refractivity contribution in [3.8, 4) is 0 Å². The lowest BCUT2D eigenvalue weighted by molar-refractivity contribution is 0.297. The molecule has 0 rings (SSSR count). The fourth-order valence-electron chi connectivity index (χ4n) is 0. The van der Waals surface area contributed by atoms with Gasteiger partial charge in [0, 0.05) is 0 Å². The first-order valence-electron chi connectivity index (χ1n) is 1.94. The molecule has 0 N–H and O–H groups in total. The van der Waals surface area contributed by atoms with E-state index in [2.05, 4.69) is 0 Å². The Balaban J connectivity index is 3.17. The molecule has 0 aliphatic heterocycles. The van der Waals surface area contributed by atoms with Gasteiger partial charge in [-0.3, -0.25) is 0 Å². The molecule has 0 amide bonds. The topological polar surface area (TPSA) is 0 Å². The van der Waals surface area contributed by atoms with Crippen LogP contribution in [0.15, 0.2) is 0 Å². The van der Waals surface area contributed by atoms with Crippen molar-refractivity contribution in [2.24, 2.45) is 0 Å². The Hall–Kier alpha value is 0.220. The van der Waals surface area contributed by atoms with Crippen LogP contribution in [0, 0.1) is 0 Å². The molecule has 0 aliphatic rings. The van der Waals surface area contributed by atoms with Gasteiger partial charge in [-0.05, 0) is 13.3 Å². The van der Waals surface area contributed by atoms with Gasteiger partial charge in [-0.15, -0.1) is 0 Å². The first-order chi connectivity index (χ1) is 2.56. The van der Waals surface area contributed by atoms with E-state index in [-0.39, 0.29) is 0 Å². The highest BCUT2D eigenvalue weighted by molar-refractivity contribution is 6.22. The van der Waals surface area contributed by atoms with Crippen molar-refractivity contribution >= 4 is 11.6 Å². The lowest BCUT2D eigenvalue weighted by Crippen LogP contribution is -2.03. The average Bonchev–Trinajstić information content (AvgIpc) is 1.35. The predicted octanol–water partition coefficient (Wildman–Crippen LogP) is 2.32. The third-order valence-electron chi connectivity index (χ3n) is 0.621. The molecule has 0 saturated carbocycles. The Morgan fingerprint density at radius 1 is 1.83 bits per heavy atom. The molecule has 0 aromatic rings. The van der Waals surface area contributed by atoms with E-state index in [1.807, 2.05) is 0 Å². The minimum Gasteiger partial charge on any atom is -0.227 e. The van der Waals surface area contributed by atoms with E-state index in [0.717, 1.165) is 0 Å². The van der Waals surface area contributed by atoms with Crippen LogP contribution < -0.4 is 0 Å². The second kappa shape index (κ2) is 1.78. The summed E-state index contributed by atoms with van der Waals surface area (Å²) >= 11 is 5.05. The molecule has 0 fully saturated rings. The fraction of sp³-hybridized carbons (Fsp3) is 1.00. The monoisotopic (exact) mass is 110 g/mol. The van der Waals surface area contributed by atoms with E-state index in [1.165, 1.54) is 6.92 Å². The third-order valence-corrected chi connectivity index (χ3v) is 0.888. The number of alkyl halides is 2. The van der Waals surface area contributed by atoms with Crippen molar-refractivity contribution in [1.29, 1.82) is 0 Å². The highest BCUT2D eigenvalue weighted by atomic mass is 35.5. The third kappa shape index (κ3) is 4.22. The van der Waals surface area contributed by atoms with E-state index < -0.39 is 5.13 Å². The molecular weight excluding hydrogens is 102 g/mol. The summed E-state index contributed by atoms with van der Waals surface area (Å²) in [5.41, 5.74) is 0. The van der Waals surface area contributed by atoms with E-state index in [1.54, 1.807) is 6.92 Å². The van der Waals surface area contributed by atoms with E-state index in [0.29, 0.717) is 6.42 Å². The summed E-state index contributed by atoms with van der Waals surface area (Å²) in [6, 6.07) is 0. The van der Waals surface area contributed by atoms with Crippen LogP contribution in [0.3, 0.4) is 0 Å². The van der Waals surface area contributed by atoms with Crippen LogP contribution in [0.4, 0.5) is 4.39 Å². The van der Waals surface area contributed by atoms with Crippen molar-refractivity contribution in [2.45, 2.75) is 25.4 Å². The highest BCUT2D eigenvalue weighted by Gasteiger charge is 2.13. The molecule has 1 unspecified atom stereocenters. The standard InChI is InChI=1S/C4H8ClF/c1-3-4(2,5)6/h3H2,1-2H3. The zero-order valence-corrected chi connectivity index (χ0v) is 4.72. The second-order valence-corrected chi connectivity index (χ2v) is 2.21. The first kappa shape index (κ1) is 6.22. The zero-order chi connectivity index (χ0) is 5.21. The van der Waals surface area contributed by atoms with Gasteiger partial charge in [0.15, 0.2) is 5.13 Å². The smallest absolute Gasteiger partial charge is 0.180 e. The molecule has 1 atom stereocenters. The molecule has 6 heavy (non-hydrogen) atoms. The minimum absolute atomic E-state index is 0.370. The predicted molar refractivity (Wildman–Crippen MR) is 25.7 cm³/mol. The van der Waals surface area contributed by atoms with Crippen molar-refractivity contribution in [2.75, 3.05) is 0 Å². The maximum absolute atomic E-state index is 11.9. The SMILES string of the molecule is CCC(C)(F)Cl. The number of halogens is 2. The van der Waals surface area contributed by atoms with Gasteiger partial charge in [0.1, 0.15) is 0 Å². The maximum atomic E-state index is 11.9. The van der Waals surface area contributed by atoms with Gasteiger partial charge in [0.25, 0.3) is 0 Å². The van der Waals surface area contributed by atoms with Crippen LogP contribution in [-0.4, -0.2) is 5.13 Å². The molecule has 0 saturated heterocycles. The molecule has 2 heteroatoms. The Bertz CT molecular complexity index is 37.3.